The van der Waals surface area contributed by atoms with Gasteiger partial charge >= 0.3 is 0 Å². The molecule has 0 radical (unpaired) electrons. The summed E-state index contributed by atoms with van der Waals surface area (Å²) in [7, 11) is 0. The minimum absolute atomic E-state index is 0.0142. The maximum absolute atomic E-state index is 6.35. The van der Waals surface area contributed by atoms with Gasteiger partial charge in [-0.3, -0.25) is 0 Å². The maximum Gasteiger partial charge on any atom is 0.0696 e. The van der Waals surface area contributed by atoms with Crippen molar-refractivity contribution in [3.63, 3.8) is 0 Å². The van der Waals surface area contributed by atoms with Gasteiger partial charge in [0.15, 0.2) is 0 Å². The van der Waals surface area contributed by atoms with Crippen molar-refractivity contribution < 1.29 is 0 Å². The van der Waals surface area contributed by atoms with E-state index in [1.54, 1.807) is 0 Å². The number of anilines is 2. The fraction of sp³-hybridized carbons (Fsp3) is 0.400. The van der Waals surface area contributed by atoms with Crippen LogP contribution in [0.1, 0.15) is 37.7 Å². The minimum atomic E-state index is -0.0142. The largest absolute Gasteiger partial charge is 0.379 e. The van der Waals surface area contributed by atoms with Gasteiger partial charge in [0.05, 0.1) is 5.54 Å². The van der Waals surface area contributed by atoms with Gasteiger partial charge in [0.1, 0.15) is 0 Å². The van der Waals surface area contributed by atoms with E-state index in [9.17, 15) is 0 Å². The second-order valence-electron chi connectivity index (χ2n) is 7.52. The fourth-order valence-electron chi connectivity index (χ4n) is 5.04. The zero-order valence-corrected chi connectivity index (χ0v) is 14.9. The molecule has 2 aromatic carbocycles. The Morgan fingerprint density at radius 1 is 0.958 bits per heavy atom. The van der Waals surface area contributed by atoms with Crippen molar-refractivity contribution in [3.8, 4) is 0 Å². The normalized spacial score (nSPS) is 28.8. The van der Waals surface area contributed by atoms with E-state index in [0.29, 0.717) is 5.92 Å². The molecule has 5 rings (SSSR count). The molecule has 2 unspecified atom stereocenters. The summed E-state index contributed by atoms with van der Waals surface area (Å²) >= 11 is 12.4. The molecule has 24 heavy (non-hydrogen) atoms. The zero-order chi connectivity index (χ0) is 16.4. The Morgan fingerprint density at radius 2 is 1.71 bits per heavy atom. The molecule has 2 nitrogen and oxygen atoms in total. The molecule has 0 aromatic heterocycles. The lowest BCUT2D eigenvalue weighted by atomic mass is 9.48. The van der Waals surface area contributed by atoms with Crippen LogP contribution in [0.2, 0.25) is 10.0 Å². The van der Waals surface area contributed by atoms with E-state index < -0.39 is 0 Å². The summed E-state index contributed by atoms with van der Waals surface area (Å²) in [5.41, 5.74) is 3.94. The molecule has 1 aliphatic heterocycles. The van der Waals surface area contributed by atoms with Crippen molar-refractivity contribution in [2.45, 2.75) is 43.2 Å². The Balaban J connectivity index is 1.62. The molecular formula is C20H20Cl2N2. The Bertz CT molecular complexity index is 798. The first-order chi connectivity index (χ1) is 11.6. The lowest BCUT2D eigenvalue weighted by molar-refractivity contribution is 0.0197. The average Bonchev–Trinajstić information content (AvgIpc) is 2.52. The summed E-state index contributed by atoms with van der Waals surface area (Å²) < 4.78 is 0. The molecule has 2 saturated carbocycles. The van der Waals surface area contributed by atoms with E-state index in [2.05, 4.69) is 34.9 Å². The molecule has 2 aliphatic carbocycles. The topological polar surface area (TPSA) is 24.1 Å². The second-order valence-corrected chi connectivity index (χ2v) is 8.39. The zero-order valence-electron chi connectivity index (χ0n) is 13.4. The molecule has 2 fully saturated rings. The highest BCUT2D eigenvalue weighted by atomic mass is 35.5. The molecule has 0 amide bonds. The Morgan fingerprint density at radius 3 is 2.33 bits per heavy atom. The number of benzene rings is 2. The van der Waals surface area contributed by atoms with Crippen molar-refractivity contribution in [1.82, 2.24) is 0 Å². The Kier molecular flexibility index (Phi) is 3.15. The molecule has 1 heterocycles. The van der Waals surface area contributed by atoms with Crippen LogP contribution in [0.4, 0.5) is 11.4 Å². The quantitative estimate of drug-likeness (QED) is 0.681. The van der Waals surface area contributed by atoms with Crippen molar-refractivity contribution >= 4 is 34.6 Å². The van der Waals surface area contributed by atoms with E-state index in [4.69, 9.17) is 23.2 Å². The second kappa shape index (κ2) is 5.06. The predicted octanol–water partition coefficient (Wildman–Crippen LogP) is 6.06. The summed E-state index contributed by atoms with van der Waals surface area (Å²) in [5, 5.41) is 9.32. The Labute approximate surface area is 152 Å². The van der Waals surface area contributed by atoms with E-state index in [1.165, 1.54) is 36.9 Å². The molecule has 0 saturated heterocycles. The number of rotatable bonds is 2. The molecule has 2 aromatic rings. The van der Waals surface area contributed by atoms with Crippen LogP contribution in [-0.2, 0) is 5.54 Å². The molecule has 0 bridgehead atoms. The lowest BCUT2D eigenvalue weighted by Gasteiger charge is -2.66. The first kappa shape index (κ1) is 14.9. The SMILES string of the molecule is Clc1ccc(NC23CCC2C2(CCC2)Nc2ccc(Cl)cc23)cc1. The highest BCUT2D eigenvalue weighted by Crippen LogP contribution is 2.63. The van der Waals surface area contributed by atoms with Crippen molar-refractivity contribution in [3.05, 3.63) is 58.1 Å². The molecule has 124 valence electrons. The standard InChI is InChI=1S/C20H20Cl2N2/c21-13-2-5-15(6-3-13)23-20-11-8-18(20)19(9-1-10-19)24-17-7-4-14(22)12-16(17)20/h2-7,12,18,23-24H,1,8-11H2. The summed E-state index contributed by atoms with van der Waals surface area (Å²) in [6, 6.07) is 14.3. The number of hydrogen-bond donors (Lipinski definition) is 2. The number of fused-ring (bicyclic) bond motifs is 4. The van der Waals surface area contributed by atoms with E-state index in [0.717, 1.165) is 22.2 Å². The molecule has 2 atom stereocenters. The van der Waals surface area contributed by atoms with Gasteiger partial charge in [-0.2, -0.15) is 0 Å². The van der Waals surface area contributed by atoms with Gasteiger partial charge in [0, 0.05) is 38.4 Å². The average molecular weight is 359 g/mol. The van der Waals surface area contributed by atoms with Crippen LogP contribution in [0.3, 0.4) is 0 Å². The third kappa shape index (κ3) is 1.96. The monoisotopic (exact) mass is 358 g/mol. The van der Waals surface area contributed by atoms with Crippen LogP contribution in [0.25, 0.3) is 0 Å². The van der Waals surface area contributed by atoms with Crippen LogP contribution < -0.4 is 10.6 Å². The fourth-order valence-corrected chi connectivity index (χ4v) is 5.33. The van der Waals surface area contributed by atoms with Crippen LogP contribution in [0, 0.1) is 5.92 Å². The maximum atomic E-state index is 6.35. The molecule has 3 aliphatic rings. The summed E-state index contributed by atoms with van der Waals surface area (Å²) in [5.74, 6) is 0.611. The van der Waals surface area contributed by atoms with E-state index in [-0.39, 0.29) is 11.1 Å². The minimum Gasteiger partial charge on any atom is -0.379 e. The first-order valence-corrected chi connectivity index (χ1v) is 9.49. The number of hydrogen-bond acceptors (Lipinski definition) is 2. The third-order valence-corrected chi connectivity index (χ3v) is 6.88. The Hall–Kier alpha value is -1.38. The van der Waals surface area contributed by atoms with Gasteiger partial charge in [-0.15, -0.1) is 0 Å². The van der Waals surface area contributed by atoms with E-state index in [1.807, 2.05) is 18.2 Å². The molecule has 1 spiro atoms. The van der Waals surface area contributed by atoms with Crippen LogP contribution >= 0.6 is 23.2 Å². The van der Waals surface area contributed by atoms with Gasteiger partial charge in [-0.1, -0.05) is 23.2 Å². The number of halogens is 2. The van der Waals surface area contributed by atoms with Gasteiger partial charge in [-0.25, -0.2) is 0 Å². The smallest absolute Gasteiger partial charge is 0.0696 e. The van der Waals surface area contributed by atoms with Crippen LogP contribution in [0.15, 0.2) is 42.5 Å². The number of nitrogens with one attached hydrogen (secondary N) is 2. The molecular weight excluding hydrogens is 339 g/mol. The van der Waals surface area contributed by atoms with Gasteiger partial charge in [0.2, 0.25) is 0 Å². The third-order valence-electron chi connectivity index (χ3n) is 6.39. The summed E-state index contributed by atoms with van der Waals surface area (Å²) in [4.78, 5) is 0. The lowest BCUT2D eigenvalue weighted by Crippen LogP contribution is -2.68. The van der Waals surface area contributed by atoms with Crippen molar-refractivity contribution in [1.29, 1.82) is 0 Å². The van der Waals surface area contributed by atoms with Crippen molar-refractivity contribution in [2.75, 3.05) is 10.6 Å². The van der Waals surface area contributed by atoms with Gasteiger partial charge in [-0.05, 0) is 74.6 Å². The van der Waals surface area contributed by atoms with Crippen LogP contribution in [0.5, 0.6) is 0 Å². The highest BCUT2D eigenvalue weighted by Gasteiger charge is 2.63. The summed E-state index contributed by atoms with van der Waals surface area (Å²) in [6.07, 6.45) is 6.27. The predicted molar refractivity (Wildman–Crippen MR) is 101 cm³/mol. The summed E-state index contributed by atoms with van der Waals surface area (Å²) in [6.45, 7) is 0. The van der Waals surface area contributed by atoms with Gasteiger partial charge in [0.25, 0.3) is 0 Å². The molecule has 2 N–H and O–H groups in total. The van der Waals surface area contributed by atoms with Crippen LogP contribution in [-0.4, -0.2) is 5.54 Å². The molecule has 4 heteroatoms. The van der Waals surface area contributed by atoms with E-state index >= 15 is 0 Å². The van der Waals surface area contributed by atoms with Gasteiger partial charge < -0.3 is 10.6 Å². The first-order valence-electron chi connectivity index (χ1n) is 8.73. The van der Waals surface area contributed by atoms with Crippen molar-refractivity contribution in [2.24, 2.45) is 5.92 Å². The highest BCUT2D eigenvalue weighted by molar-refractivity contribution is 6.31.